The molecule has 2 rings (SSSR count). The first-order valence-electron chi connectivity index (χ1n) is 5.53. The fourth-order valence-corrected chi connectivity index (χ4v) is 2.09. The van der Waals surface area contributed by atoms with Crippen LogP contribution in [0.1, 0.15) is 6.92 Å². The SMILES string of the molecule is COc1cc(F)ccc1N1CCNC[C@@H]1C. The molecule has 0 radical (unpaired) electrons. The average molecular weight is 224 g/mol. The van der Waals surface area contributed by atoms with Crippen molar-refractivity contribution in [1.82, 2.24) is 5.32 Å². The first-order valence-corrected chi connectivity index (χ1v) is 5.53. The van der Waals surface area contributed by atoms with Crippen LogP contribution in [0, 0.1) is 5.82 Å². The van der Waals surface area contributed by atoms with E-state index in [1.54, 1.807) is 13.2 Å². The highest BCUT2D eigenvalue weighted by molar-refractivity contribution is 5.59. The summed E-state index contributed by atoms with van der Waals surface area (Å²) < 4.78 is 18.3. The Hall–Kier alpha value is -1.29. The lowest BCUT2D eigenvalue weighted by atomic mass is 10.1. The number of piperazine rings is 1. The number of nitrogens with one attached hydrogen (secondary N) is 1. The third kappa shape index (κ3) is 2.11. The molecule has 1 fully saturated rings. The van der Waals surface area contributed by atoms with Crippen LogP contribution in [0.5, 0.6) is 5.75 Å². The van der Waals surface area contributed by atoms with Gasteiger partial charge in [0.05, 0.1) is 12.8 Å². The summed E-state index contributed by atoms with van der Waals surface area (Å²) in [7, 11) is 1.57. The van der Waals surface area contributed by atoms with Crippen LogP contribution in [0.4, 0.5) is 10.1 Å². The van der Waals surface area contributed by atoms with Crippen LogP contribution in [-0.4, -0.2) is 32.8 Å². The number of ether oxygens (including phenoxy) is 1. The molecule has 1 N–H and O–H groups in total. The van der Waals surface area contributed by atoms with E-state index < -0.39 is 0 Å². The monoisotopic (exact) mass is 224 g/mol. The smallest absolute Gasteiger partial charge is 0.145 e. The summed E-state index contributed by atoms with van der Waals surface area (Å²) >= 11 is 0. The van der Waals surface area contributed by atoms with Gasteiger partial charge in [-0.2, -0.15) is 0 Å². The summed E-state index contributed by atoms with van der Waals surface area (Å²) in [5, 5.41) is 3.33. The summed E-state index contributed by atoms with van der Waals surface area (Å²) in [6.07, 6.45) is 0. The van der Waals surface area contributed by atoms with Gasteiger partial charge in [0.25, 0.3) is 0 Å². The highest BCUT2D eigenvalue weighted by atomic mass is 19.1. The van der Waals surface area contributed by atoms with Crippen molar-refractivity contribution in [2.24, 2.45) is 0 Å². The van der Waals surface area contributed by atoms with Crippen LogP contribution >= 0.6 is 0 Å². The van der Waals surface area contributed by atoms with Gasteiger partial charge in [-0.15, -0.1) is 0 Å². The topological polar surface area (TPSA) is 24.5 Å². The van der Waals surface area contributed by atoms with E-state index in [1.807, 2.05) is 0 Å². The standard InChI is InChI=1S/C12H17FN2O/c1-9-8-14-5-6-15(9)11-4-3-10(13)7-12(11)16-2/h3-4,7,9,14H,5-6,8H2,1-2H3/t9-/m0/s1. The highest BCUT2D eigenvalue weighted by Crippen LogP contribution is 2.30. The Labute approximate surface area is 95.2 Å². The summed E-state index contributed by atoms with van der Waals surface area (Å²) in [5.41, 5.74) is 0.970. The second-order valence-corrected chi connectivity index (χ2v) is 4.06. The van der Waals surface area contributed by atoms with Gasteiger partial charge < -0.3 is 15.0 Å². The van der Waals surface area contributed by atoms with Crippen molar-refractivity contribution in [3.8, 4) is 5.75 Å². The maximum Gasteiger partial charge on any atom is 0.145 e. The van der Waals surface area contributed by atoms with Crippen LogP contribution < -0.4 is 15.0 Å². The molecule has 1 aliphatic rings. The van der Waals surface area contributed by atoms with E-state index in [0.717, 1.165) is 25.3 Å². The van der Waals surface area contributed by atoms with Gasteiger partial charge in [0.15, 0.2) is 0 Å². The summed E-state index contributed by atoms with van der Waals surface area (Å²) in [6, 6.07) is 5.10. The summed E-state index contributed by atoms with van der Waals surface area (Å²) in [4.78, 5) is 2.24. The molecule has 4 heteroatoms. The predicted molar refractivity (Wildman–Crippen MR) is 62.6 cm³/mol. The van der Waals surface area contributed by atoms with E-state index in [-0.39, 0.29) is 5.82 Å². The van der Waals surface area contributed by atoms with E-state index in [0.29, 0.717) is 11.8 Å². The van der Waals surface area contributed by atoms with Gasteiger partial charge in [-0.25, -0.2) is 4.39 Å². The molecule has 1 aliphatic heterocycles. The number of halogens is 1. The molecule has 1 atom stereocenters. The third-order valence-electron chi connectivity index (χ3n) is 2.95. The van der Waals surface area contributed by atoms with Crippen molar-refractivity contribution in [3.05, 3.63) is 24.0 Å². The minimum atomic E-state index is -0.261. The first kappa shape index (κ1) is 11.2. The van der Waals surface area contributed by atoms with Crippen LogP contribution in [-0.2, 0) is 0 Å². The largest absolute Gasteiger partial charge is 0.494 e. The van der Waals surface area contributed by atoms with Gasteiger partial charge in [0, 0.05) is 31.7 Å². The third-order valence-corrected chi connectivity index (χ3v) is 2.95. The molecule has 16 heavy (non-hydrogen) atoms. The number of anilines is 1. The first-order chi connectivity index (χ1) is 7.72. The molecule has 0 amide bonds. The minimum absolute atomic E-state index is 0.261. The summed E-state index contributed by atoms with van der Waals surface area (Å²) in [6.45, 7) is 4.96. The van der Waals surface area contributed by atoms with Crippen LogP contribution in [0.15, 0.2) is 18.2 Å². The molecular formula is C12H17FN2O. The zero-order chi connectivity index (χ0) is 11.5. The molecule has 0 spiro atoms. The van der Waals surface area contributed by atoms with E-state index in [1.165, 1.54) is 12.1 Å². The van der Waals surface area contributed by atoms with E-state index in [2.05, 4.69) is 17.1 Å². The second-order valence-electron chi connectivity index (χ2n) is 4.06. The maximum atomic E-state index is 13.1. The Kier molecular flexibility index (Phi) is 3.29. The van der Waals surface area contributed by atoms with E-state index in [9.17, 15) is 4.39 Å². The van der Waals surface area contributed by atoms with Gasteiger partial charge in [0.1, 0.15) is 11.6 Å². The quantitative estimate of drug-likeness (QED) is 0.826. The van der Waals surface area contributed by atoms with Crippen molar-refractivity contribution >= 4 is 5.69 Å². The van der Waals surface area contributed by atoms with Crippen molar-refractivity contribution < 1.29 is 9.13 Å². The normalized spacial score (nSPS) is 20.9. The highest BCUT2D eigenvalue weighted by Gasteiger charge is 2.21. The number of hydrogen-bond acceptors (Lipinski definition) is 3. The molecule has 0 bridgehead atoms. The Bertz CT molecular complexity index is 370. The minimum Gasteiger partial charge on any atom is -0.494 e. The molecular weight excluding hydrogens is 207 g/mol. The van der Waals surface area contributed by atoms with Crippen molar-refractivity contribution in [2.45, 2.75) is 13.0 Å². The maximum absolute atomic E-state index is 13.1. The fraction of sp³-hybridized carbons (Fsp3) is 0.500. The molecule has 1 heterocycles. The predicted octanol–water partition coefficient (Wildman–Crippen LogP) is 1.63. The van der Waals surface area contributed by atoms with Gasteiger partial charge >= 0.3 is 0 Å². The Morgan fingerprint density at radius 1 is 1.50 bits per heavy atom. The number of benzene rings is 1. The van der Waals surface area contributed by atoms with Gasteiger partial charge in [-0.3, -0.25) is 0 Å². The molecule has 1 saturated heterocycles. The molecule has 0 unspecified atom stereocenters. The molecule has 0 aromatic heterocycles. The number of rotatable bonds is 2. The lowest BCUT2D eigenvalue weighted by Gasteiger charge is -2.36. The van der Waals surface area contributed by atoms with Crippen molar-refractivity contribution in [2.75, 3.05) is 31.6 Å². The van der Waals surface area contributed by atoms with Crippen LogP contribution in [0.25, 0.3) is 0 Å². The Morgan fingerprint density at radius 2 is 2.31 bits per heavy atom. The van der Waals surface area contributed by atoms with Crippen LogP contribution in [0.3, 0.4) is 0 Å². The fourth-order valence-electron chi connectivity index (χ4n) is 2.09. The van der Waals surface area contributed by atoms with Crippen molar-refractivity contribution in [3.63, 3.8) is 0 Å². The lowest BCUT2D eigenvalue weighted by molar-refractivity contribution is 0.405. The molecule has 88 valence electrons. The van der Waals surface area contributed by atoms with Crippen LogP contribution in [0.2, 0.25) is 0 Å². The molecule has 1 aromatic rings. The van der Waals surface area contributed by atoms with E-state index >= 15 is 0 Å². The molecule has 0 aliphatic carbocycles. The Balaban J connectivity index is 2.30. The zero-order valence-electron chi connectivity index (χ0n) is 9.66. The Morgan fingerprint density at radius 3 is 3.00 bits per heavy atom. The van der Waals surface area contributed by atoms with E-state index in [4.69, 9.17) is 4.74 Å². The summed E-state index contributed by atoms with van der Waals surface area (Å²) in [5.74, 6) is 0.345. The second kappa shape index (κ2) is 4.70. The van der Waals surface area contributed by atoms with Crippen molar-refractivity contribution in [1.29, 1.82) is 0 Å². The molecule has 0 saturated carbocycles. The average Bonchev–Trinajstić information content (AvgIpc) is 2.30. The number of nitrogens with zero attached hydrogens (tertiary/aromatic N) is 1. The zero-order valence-corrected chi connectivity index (χ0v) is 9.66. The molecule has 3 nitrogen and oxygen atoms in total. The van der Waals surface area contributed by atoms with Gasteiger partial charge in [0.2, 0.25) is 0 Å². The number of methoxy groups -OCH3 is 1. The van der Waals surface area contributed by atoms with Gasteiger partial charge in [-0.05, 0) is 19.1 Å². The lowest BCUT2D eigenvalue weighted by Crippen LogP contribution is -2.50. The van der Waals surface area contributed by atoms with Gasteiger partial charge in [-0.1, -0.05) is 0 Å². The number of hydrogen-bond donors (Lipinski definition) is 1. The molecule has 1 aromatic carbocycles.